The van der Waals surface area contributed by atoms with E-state index in [1.165, 1.54) is 205 Å². The van der Waals surface area contributed by atoms with E-state index in [9.17, 15) is 14.4 Å². The van der Waals surface area contributed by atoms with Gasteiger partial charge in [0.1, 0.15) is 13.2 Å². The Bertz CT molecular complexity index is 1440. The third-order valence-corrected chi connectivity index (χ3v) is 14.9. The Labute approximate surface area is 484 Å². The highest BCUT2D eigenvalue weighted by Crippen LogP contribution is 2.18. The summed E-state index contributed by atoms with van der Waals surface area (Å²) in [6.45, 7) is 6.53. The average Bonchev–Trinajstić information content (AvgIpc) is 3.44. The predicted octanol–water partition coefficient (Wildman–Crippen LogP) is 23.3. The van der Waals surface area contributed by atoms with Crippen molar-refractivity contribution in [2.75, 3.05) is 13.2 Å². The zero-order valence-electron chi connectivity index (χ0n) is 51.9. The van der Waals surface area contributed by atoms with Crippen LogP contribution in [0.1, 0.15) is 348 Å². The lowest BCUT2D eigenvalue weighted by Crippen LogP contribution is -2.30. The van der Waals surface area contributed by atoms with Gasteiger partial charge in [0, 0.05) is 19.3 Å². The van der Waals surface area contributed by atoms with Crippen molar-refractivity contribution in [3.05, 3.63) is 72.9 Å². The molecule has 0 N–H and O–H groups in total. The Kier molecular flexibility index (Phi) is 63.7. The molecule has 0 amide bonds. The van der Waals surface area contributed by atoms with Gasteiger partial charge < -0.3 is 14.2 Å². The van der Waals surface area contributed by atoms with Gasteiger partial charge in [-0.1, -0.05) is 318 Å². The molecule has 1 unspecified atom stereocenters. The molecule has 0 aromatic rings. The van der Waals surface area contributed by atoms with Gasteiger partial charge in [-0.3, -0.25) is 14.4 Å². The fraction of sp³-hybridized carbons (Fsp3) is 0.792. The molecule has 0 radical (unpaired) electrons. The van der Waals surface area contributed by atoms with Crippen LogP contribution in [0.5, 0.6) is 0 Å². The van der Waals surface area contributed by atoms with Crippen molar-refractivity contribution >= 4 is 17.9 Å². The highest BCUT2D eigenvalue weighted by atomic mass is 16.6. The maximum Gasteiger partial charge on any atom is 0.306 e. The number of carbonyl (C=O) groups is 3. The fourth-order valence-electron chi connectivity index (χ4n) is 9.87. The first-order valence-corrected chi connectivity index (χ1v) is 33.9. The standard InChI is InChI=1S/C72H128O6/c1-4-7-10-13-16-19-22-24-26-28-30-32-34-36-38-39-41-43-45-47-50-53-56-59-62-65-71(74)77-68-69(67-76-70(73)64-61-58-55-52-49-21-18-15-12-9-6-3)78-72(75)66-63-60-57-54-51-48-46-44-42-40-37-35-33-31-29-27-25-23-20-17-14-11-8-5-2/h7,10,15-16,18-19,24,26,30,32,36,38,69H,4-6,8-9,11-14,17,20-23,25,27-29,31,33-35,37,39-68H2,1-3H3/b10-7-,18-15-,19-16-,26-24-,32-30-,38-36-. The van der Waals surface area contributed by atoms with Crippen LogP contribution in [-0.2, 0) is 28.6 Å². The average molecular weight is 1090 g/mol. The van der Waals surface area contributed by atoms with E-state index in [0.29, 0.717) is 19.3 Å². The van der Waals surface area contributed by atoms with Gasteiger partial charge in [0.2, 0.25) is 0 Å². The minimum Gasteiger partial charge on any atom is -0.462 e. The first kappa shape index (κ1) is 74.8. The van der Waals surface area contributed by atoms with E-state index in [-0.39, 0.29) is 31.1 Å². The van der Waals surface area contributed by atoms with Crippen LogP contribution in [0.3, 0.4) is 0 Å². The van der Waals surface area contributed by atoms with Gasteiger partial charge in [-0.05, 0) is 83.5 Å². The second-order valence-electron chi connectivity index (χ2n) is 22.7. The summed E-state index contributed by atoms with van der Waals surface area (Å²) >= 11 is 0. The van der Waals surface area contributed by atoms with E-state index < -0.39 is 6.10 Å². The van der Waals surface area contributed by atoms with E-state index in [1.54, 1.807) is 0 Å². The molecule has 0 aliphatic heterocycles. The quantitative estimate of drug-likeness (QED) is 0.0261. The van der Waals surface area contributed by atoms with Gasteiger partial charge in [-0.2, -0.15) is 0 Å². The van der Waals surface area contributed by atoms with Crippen LogP contribution in [0, 0.1) is 0 Å². The second kappa shape index (κ2) is 66.4. The SMILES string of the molecule is CC/C=C\C/C=C\C/C=C\C/C=C\C/C=C\CCCCCCCCCCCC(=O)OCC(COC(=O)CCCCCCC/C=C\CCCC)OC(=O)CCCCCCCCCCCCCCCCCCCCCCCCCC. The van der Waals surface area contributed by atoms with E-state index >= 15 is 0 Å². The van der Waals surface area contributed by atoms with Gasteiger partial charge >= 0.3 is 17.9 Å². The molecule has 0 bridgehead atoms. The highest BCUT2D eigenvalue weighted by molar-refractivity contribution is 5.71. The molecule has 6 heteroatoms. The smallest absolute Gasteiger partial charge is 0.306 e. The van der Waals surface area contributed by atoms with Crippen molar-refractivity contribution in [3.8, 4) is 0 Å². The molecule has 0 heterocycles. The summed E-state index contributed by atoms with van der Waals surface area (Å²) in [5.41, 5.74) is 0. The first-order chi connectivity index (χ1) is 38.5. The molecule has 78 heavy (non-hydrogen) atoms. The largest absolute Gasteiger partial charge is 0.462 e. The summed E-state index contributed by atoms with van der Waals surface area (Å²) in [4.78, 5) is 38.3. The highest BCUT2D eigenvalue weighted by Gasteiger charge is 2.19. The topological polar surface area (TPSA) is 78.9 Å². The van der Waals surface area contributed by atoms with Crippen molar-refractivity contribution < 1.29 is 28.6 Å². The molecule has 0 aliphatic carbocycles. The molecule has 1 atom stereocenters. The molecule has 0 spiro atoms. The number of rotatable bonds is 62. The van der Waals surface area contributed by atoms with Crippen LogP contribution in [0.25, 0.3) is 0 Å². The summed E-state index contributed by atoms with van der Waals surface area (Å²) in [6, 6.07) is 0. The van der Waals surface area contributed by atoms with Crippen LogP contribution in [-0.4, -0.2) is 37.2 Å². The second-order valence-corrected chi connectivity index (χ2v) is 22.7. The van der Waals surface area contributed by atoms with Crippen LogP contribution in [0.2, 0.25) is 0 Å². The van der Waals surface area contributed by atoms with Crippen molar-refractivity contribution in [1.82, 2.24) is 0 Å². The van der Waals surface area contributed by atoms with Crippen molar-refractivity contribution in [3.63, 3.8) is 0 Å². The maximum atomic E-state index is 12.9. The number of ether oxygens (including phenoxy) is 3. The van der Waals surface area contributed by atoms with E-state index in [4.69, 9.17) is 14.2 Å². The molecule has 0 aliphatic rings. The van der Waals surface area contributed by atoms with E-state index in [2.05, 4.69) is 93.7 Å². The molecule has 0 aromatic heterocycles. The van der Waals surface area contributed by atoms with Gasteiger partial charge in [-0.15, -0.1) is 0 Å². The molecular formula is C72H128O6. The molecule has 0 saturated carbocycles. The number of allylic oxidation sites excluding steroid dienone is 12. The van der Waals surface area contributed by atoms with Crippen LogP contribution in [0.15, 0.2) is 72.9 Å². The monoisotopic (exact) mass is 1090 g/mol. The summed E-state index contributed by atoms with van der Waals surface area (Å²) in [7, 11) is 0. The lowest BCUT2D eigenvalue weighted by Gasteiger charge is -2.18. The maximum absolute atomic E-state index is 12.9. The Morgan fingerprint density at radius 1 is 0.269 bits per heavy atom. The van der Waals surface area contributed by atoms with E-state index in [0.717, 1.165) is 103 Å². The summed E-state index contributed by atoms with van der Waals surface area (Å²) in [6.07, 6.45) is 86.4. The molecular weight excluding hydrogens is 961 g/mol. The Morgan fingerprint density at radius 3 is 0.833 bits per heavy atom. The van der Waals surface area contributed by atoms with Crippen LogP contribution >= 0.6 is 0 Å². The lowest BCUT2D eigenvalue weighted by molar-refractivity contribution is -0.167. The third kappa shape index (κ3) is 63.7. The predicted molar refractivity (Wildman–Crippen MR) is 339 cm³/mol. The molecule has 452 valence electrons. The van der Waals surface area contributed by atoms with Gasteiger partial charge in [0.15, 0.2) is 6.10 Å². The van der Waals surface area contributed by atoms with Crippen LogP contribution in [0.4, 0.5) is 0 Å². The summed E-state index contributed by atoms with van der Waals surface area (Å²) in [5, 5.41) is 0. The zero-order valence-corrected chi connectivity index (χ0v) is 51.9. The lowest BCUT2D eigenvalue weighted by atomic mass is 10.0. The van der Waals surface area contributed by atoms with Gasteiger partial charge in [0.25, 0.3) is 0 Å². The normalized spacial score (nSPS) is 12.5. The molecule has 0 fully saturated rings. The number of hydrogen-bond donors (Lipinski definition) is 0. The molecule has 0 saturated heterocycles. The first-order valence-electron chi connectivity index (χ1n) is 33.9. The molecule has 0 aromatic carbocycles. The number of hydrogen-bond acceptors (Lipinski definition) is 6. The van der Waals surface area contributed by atoms with Gasteiger partial charge in [0.05, 0.1) is 0 Å². The van der Waals surface area contributed by atoms with Crippen molar-refractivity contribution in [2.24, 2.45) is 0 Å². The minimum absolute atomic E-state index is 0.0781. The summed E-state index contributed by atoms with van der Waals surface area (Å²) in [5.74, 6) is -0.875. The fourth-order valence-corrected chi connectivity index (χ4v) is 9.87. The number of carbonyl (C=O) groups excluding carboxylic acids is 3. The van der Waals surface area contributed by atoms with Crippen LogP contribution < -0.4 is 0 Å². The zero-order chi connectivity index (χ0) is 56.4. The van der Waals surface area contributed by atoms with E-state index in [1.807, 2.05) is 0 Å². The molecule has 6 nitrogen and oxygen atoms in total. The Morgan fingerprint density at radius 2 is 0.513 bits per heavy atom. The van der Waals surface area contributed by atoms with Crippen molar-refractivity contribution in [2.45, 2.75) is 354 Å². The Hall–Kier alpha value is -3.15. The third-order valence-electron chi connectivity index (χ3n) is 14.9. The number of esters is 3. The number of unbranched alkanes of at least 4 members (excludes halogenated alkanes) is 39. The van der Waals surface area contributed by atoms with Gasteiger partial charge in [-0.25, -0.2) is 0 Å². The summed E-state index contributed by atoms with van der Waals surface area (Å²) < 4.78 is 16.9. The van der Waals surface area contributed by atoms with Crippen molar-refractivity contribution in [1.29, 1.82) is 0 Å². The Balaban J connectivity index is 4.24. The minimum atomic E-state index is -0.780. The molecule has 0 rings (SSSR count).